The molecule has 8 rings (SSSR count). The Kier molecular flexibility index (Phi) is 9.28. The normalized spacial score (nSPS) is 21.4. The number of imidazole rings is 2. The molecule has 3 saturated heterocycles. The fraction of sp³-hybridized carbons (Fsp3) is 0.381. The first-order valence-electron chi connectivity index (χ1n) is 18.5. The minimum atomic E-state index is -0.544. The van der Waals surface area contributed by atoms with Crippen LogP contribution in [0.3, 0.4) is 0 Å². The van der Waals surface area contributed by atoms with Gasteiger partial charge in [0.2, 0.25) is 0 Å². The maximum absolute atomic E-state index is 13.4. The van der Waals surface area contributed by atoms with Crippen LogP contribution in [0, 0.1) is 5.41 Å². The van der Waals surface area contributed by atoms with E-state index in [0.717, 1.165) is 76.5 Å². The van der Waals surface area contributed by atoms with E-state index in [4.69, 9.17) is 24.2 Å². The summed E-state index contributed by atoms with van der Waals surface area (Å²) in [5, 5.41) is 0. The van der Waals surface area contributed by atoms with Crippen molar-refractivity contribution in [3.63, 3.8) is 0 Å². The lowest BCUT2D eigenvalue weighted by Crippen LogP contribution is -2.36. The highest BCUT2D eigenvalue weighted by Gasteiger charge is 2.50. The SMILES string of the molecule is CC(C)(C)OC(=O)N1CCCC1c1nc(-c2ccc(-c3ccc(-c4c[nH]c(C5CC6(CCOC6)CN5C(=O)OCc5ccccc5)n4)cc3)cc2)c[nH]1. The zero-order chi connectivity index (χ0) is 36.6. The molecule has 5 aromatic rings. The van der Waals surface area contributed by atoms with Gasteiger partial charge in [-0.2, -0.15) is 0 Å². The van der Waals surface area contributed by atoms with Gasteiger partial charge in [0.15, 0.2) is 0 Å². The predicted octanol–water partition coefficient (Wildman–Crippen LogP) is 8.70. The number of benzene rings is 3. The van der Waals surface area contributed by atoms with Crippen LogP contribution in [0.5, 0.6) is 0 Å². The maximum atomic E-state index is 13.4. The van der Waals surface area contributed by atoms with E-state index in [1.807, 2.05) is 68.4 Å². The number of nitrogens with one attached hydrogen (secondary N) is 2. The molecule has 53 heavy (non-hydrogen) atoms. The number of aromatic amines is 2. The summed E-state index contributed by atoms with van der Waals surface area (Å²) in [5.41, 5.74) is 6.14. The van der Waals surface area contributed by atoms with Gasteiger partial charge < -0.3 is 24.2 Å². The van der Waals surface area contributed by atoms with Crippen LogP contribution in [0.2, 0.25) is 0 Å². The molecular weight excluding hydrogens is 668 g/mol. The van der Waals surface area contributed by atoms with Crippen LogP contribution >= 0.6 is 0 Å². The van der Waals surface area contributed by atoms with Crippen molar-refractivity contribution in [3.05, 3.63) is 108 Å². The molecule has 274 valence electrons. The van der Waals surface area contributed by atoms with E-state index in [9.17, 15) is 9.59 Å². The molecule has 3 aromatic carbocycles. The lowest BCUT2D eigenvalue weighted by atomic mass is 9.85. The maximum Gasteiger partial charge on any atom is 0.410 e. The van der Waals surface area contributed by atoms with Crippen molar-refractivity contribution < 1.29 is 23.8 Å². The molecule has 2 aromatic heterocycles. The number of nitrogens with zero attached hydrogens (tertiary/aromatic N) is 4. The van der Waals surface area contributed by atoms with Crippen molar-refractivity contribution in [3.8, 4) is 33.6 Å². The number of amides is 2. The molecule has 2 N–H and O–H groups in total. The van der Waals surface area contributed by atoms with E-state index < -0.39 is 5.60 Å². The second-order valence-corrected chi connectivity index (χ2v) is 15.5. The van der Waals surface area contributed by atoms with Gasteiger partial charge >= 0.3 is 12.2 Å². The van der Waals surface area contributed by atoms with Crippen molar-refractivity contribution in [2.75, 3.05) is 26.3 Å². The minimum Gasteiger partial charge on any atom is -0.445 e. The van der Waals surface area contributed by atoms with Gasteiger partial charge in [-0.3, -0.25) is 9.80 Å². The Balaban J connectivity index is 0.933. The zero-order valence-electron chi connectivity index (χ0n) is 30.5. The number of carbonyl (C=O) groups excluding carboxylic acids is 2. The predicted molar refractivity (Wildman–Crippen MR) is 201 cm³/mol. The highest BCUT2D eigenvalue weighted by Crippen LogP contribution is 2.47. The van der Waals surface area contributed by atoms with E-state index >= 15 is 0 Å². The van der Waals surface area contributed by atoms with E-state index in [2.05, 4.69) is 58.5 Å². The van der Waals surface area contributed by atoms with E-state index in [1.54, 1.807) is 4.90 Å². The van der Waals surface area contributed by atoms with Crippen molar-refractivity contribution in [2.45, 2.75) is 70.7 Å². The van der Waals surface area contributed by atoms with Crippen LogP contribution in [0.4, 0.5) is 9.59 Å². The molecule has 11 nitrogen and oxygen atoms in total. The Labute approximate surface area is 309 Å². The largest absolute Gasteiger partial charge is 0.445 e. The summed E-state index contributed by atoms with van der Waals surface area (Å²) in [6.45, 7) is 8.47. The molecule has 1 spiro atoms. The third kappa shape index (κ3) is 7.44. The highest BCUT2D eigenvalue weighted by molar-refractivity contribution is 5.72. The molecule has 3 atom stereocenters. The molecular formula is C42H46N6O5. The molecule has 0 bridgehead atoms. The Morgan fingerprint density at radius 2 is 1.42 bits per heavy atom. The third-order valence-electron chi connectivity index (χ3n) is 10.5. The summed E-state index contributed by atoms with van der Waals surface area (Å²) in [6, 6.07) is 26.1. The van der Waals surface area contributed by atoms with E-state index in [-0.39, 0.29) is 36.3 Å². The molecule has 3 aliphatic heterocycles. The topological polar surface area (TPSA) is 126 Å². The Morgan fingerprint density at radius 3 is 2.00 bits per heavy atom. The molecule has 2 amide bonds. The number of H-pyrrole nitrogens is 2. The van der Waals surface area contributed by atoms with Gasteiger partial charge in [-0.25, -0.2) is 19.6 Å². The van der Waals surface area contributed by atoms with Crippen LogP contribution < -0.4 is 0 Å². The first-order chi connectivity index (χ1) is 25.6. The standard InChI is InChI=1S/C42H46N6O5/c1-41(2,3)53-40(50)47-20-7-10-35(47)37-43-23-33(45-37)31-15-11-29(12-16-31)30-13-17-32(18-14-30)34-24-44-38(46-34)36-22-42(19-21-51-27-42)26-48(36)39(49)52-25-28-8-5-4-6-9-28/h4-6,8-9,11-18,23-24,35-36H,7,10,19-22,25-27H2,1-3H3,(H,43,45)(H,44,46). The second kappa shape index (κ2) is 14.2. The average molecular weight is 715 g/mol. The zero-order valence-corrected chi connectivity index (χ0v) is 30.5. The van der Waals surface area contributed by atoms with E-state index in [0.29, 0.717) is 26.3 Å². The summed E-state index contributed by atoms with van der Waals surface area (Å²) in [4.78, 5) is 46.4. The summed E-state index contributed by atoms with van der Waals surface area (Å²) < 4.78 is 17.2. The Morgan fingerprint density at radius 1 is 0.811 bits per heavy atom. The quantitative estimate of drug-likeness (QED) is 0.173. The fourth-order valence-electron chi connectivity index (χ4n) is 7.80. The van der Waals surface area contributed by atoms with Crippen LogP contribution in [0.1, 0.15) is 75.8 Å². The summed E-state index contributed by atoms with van der Waals surface area (Å²) >= 11 is 0. The molecule has 11 heteroatoms. The molecule has 5 heterocycles. The van der Waals surface area contributed by atoms with Crippen molar-refractivity contribution in [1.29, 1.82) is 0 Å². The fourth-order valence-corrected chi connectivity index (χ4v) is 7.80. The first-order valence-corrected chi connectivity index (χ1v) is 18.5. The number of ether oxygens (including phenoxy) is 3. The number of rotatable bonds is 7. The number of likely N-dealkylation sites (tertiary alicyclic amines) is 2. The Bertz CT molecular complexity index is 2040. The summed E-state index contributed by atoms with van der Waals surface area (Å²) in [7, 11) is 0. The van der Waals surface area contributed by atoms with Crippen LogP contribution in [0.25, 0.3) is 33.6 Å². The van der Waals surface area contributed by atoms with Gasteiger partial charge in [0.1, 0.15) is 23.9 Å². The van der Waals surface area contributed by atoms with Crippen molar-refractivity contribution >= 4 is 12.2 Å². The van der Waals surface area contributed by atoms with Crippen molar-refractivity contribution in [1.82, 2.24) is 29.7 Å². The van der Waals surface area contributed by atoms with Crippen LogP contribution in [-0.4, -0.2) is 73.8 Å². The van der Waals surface area contributed by atoms with Gasteiger partial charge in [0, 0.05) is 48.6 Å². The van der Waals surface area contributed by atoms with Crippen LogP contribution in [-0.2, 0) is 20.8 Å². The molecule has 3 fully saturated rings. The third-order valence-corrected chi connectivity index (χ3v) is 10.5. The molecule has 0 radical (unpaired) electrons. The summed E-state index contributed by atoms with van der Waals surface area (Å²) in [6.07, 6.45) is 6.64. The number of hydrogen-bond donors (Lipinski definition) is 2. The molecule has 3 unspecified atom stereocenters. The minimum absolute atomic E-state index is 0.0844. The molecule has 0 aliphatic carbocycles. The highest BCUT2D eigenvalue weighted by atomic mass is 16.6. The second-order valence-electron chi connectivity index (χ2n) is 15.5. The number of aromatic nitrogens is 4. The first kappa shape index (κ1) is 34.7. The lowest BCUT2D eigenvalue weighted by Gasteiger charge is -2.27. The molecule has 0 saturated carbocycles. The smallest absolute Gasteiger partial charge is 0.410 e. The van der Waals surface area contributed by atoms with Gasteiger partial charge in [0.25, 0.3) is 0 Å². The monoisotopic (exact) mass is 714 g/mol. The van der Waals surface area contributed by atoms with E-state index in [1.165, 1.54) is 0 Å². The number of carbonyl (C=O) groups is 2. The Hall–Kier alpha value is -5.42. The number of hydrogen-bond acceptors (Lipinski definition) is 7. The lowest BCUT2D eigenvalue weighted by molar-refractivity contribution is 0.0218. The van der Waals surface area contributed by atoms with Crippen molar-refractivity contribution in [2.24, 2.45) is 5.41 Å². The van der Waals surface area contributed by atoms with Gasteiger partial charge in [0.05, 0.1) is 30.1 Å². The van der Waals surface area contributed by atoms with Gasteiger partial charge in [-0.05, 0) is 63.1 Å². The summed E-state index contributed by atoms with van der Waals surface area (Å²) in [5.74, 6) is 1.53. The van der Waals surface area contributed by atoms with Crippen LogP contribution in [0.15, 0.2) is 91.3 Å². The average Bonchev–Trinajstić information content (AvgIpc) is 4.01. The van der Waals surface area contributed by atoms with Gasteiger partial charge in [-0.15, -0.1) is 0 Å². The molecule has 3 aliphatic rings. The van der Waals surface area contributed by atoms with Gasteiger partial charge in [-0.1, -0.05) is 78.9 Å².